The number of anilines is 1. The number of nitrogens with two attached hydrogens (primary N) is 1. The van der Waals surface area contributed by atoms with Gasteiger partial charge < -0.3 is 5.73 Å². The monoisotopic (exact) mass is 228 g/mol. The molecule has 0 aliphatic heterocycles. The Morgan fingerprint density at radius 3 is 2.73 bits per heavy atom. The highest BCUT2D eigenvalue weighted by Gasteiger charge is 2.16. The summed E-state index contributed by atoms with van der Waals surface area (Å²) in [5, 5.41) is 3.16. The molecule has 3 N–H and O–H groups in total. The van der Waals surface area contributed by atoms with E-state index < -0.39 is 6.04 Å². The molecular formula is C9H16N4OS. The van der Waals surface area contributed by atoms with Crippen molar-refractivity contribution in [2.45, 2.75) is 33.2 Å². The molecule has 0 aliphatic carbocycles. The molecule has 0 aromatic carbocycles. The van der Waals surface area contributed by atoms with E-state index >= 15 is 0 Å². The van der Waals surface area contributed by atoms with E-state index in [1.54, 1.807) is 6.92 Å². The van der Waals surface area contributed by atoms with Crippen LogP contribution in [0.2, 0.25) is 0 Å². The Morgan fingerprint density at radius 2 is 2.27 bits per heavy atom. The van der Waals surface area contributed by atoms with Gasteiger partial charge in [-0.2, -0.15) is 4.37 Å². The first-order valence-corrected chi connectivity index (χ1v) is 5.63. The number of rotatable bonds is 4. The lowest BCUT2D eigenvalue weighted by Crippen LogP contribution is -2.36. The molecule has 1 atom stereocenters. The van der Waals surface area contributed by atoms with Crippen molar-refractivity contribution >= 4 is 22.6 Å². The summed E-state index contributed by atoms with van der Waals surface area (Å²) in [6.07, 6.45) is 0.670. The SMILES string of the molecule is Cc1nsc(NC(=O)[C@@H](N)CC(C)C)n1. The number of nitrogens with one attached hydrogen (secondary N) is 1. The van der Waals surface area contributed by atoms with Crippen molar-refractivity contribution in [2.24, 2.45) is 11.7 Å². The molecule has 0 radical (unpaired) electrons. The zero-order valence-corrected chi connectivity index (χ0v) is 9.97. The molecule has 0 aliphatic rings. The summed E-state index contributed by atoms with van der Waals surface area (Å²) in [6, 6.07) is -0.478. The Labute approximate surface area is 93.3 Å². The van der Waals surface area contributed by atoms with Gasteiger partial charge in [0.1, 0.15) is 5.82 Å². The summed E-state index contributed by atoms with van der Waals surface area (Å²) in [4.78, 5) is 15.6. The molecule has 1 heterocycles. The summed E-state index contributed by atoms with van der Waals surface area (Å²) in [7, 11) is 0. The van der Waals surface area contributed by atoms with Crippen LogP contribution in [0.25, 0.3) is 0 Å². The van der Waals surface area contributed by atoms with Crippen LogP contribution in [0, 0.1) is 12.8 Å². The third-order valence-corrected chi connectivity index (χ3v) is 2.54. The fraction of sp³-hybridized carbons (Fsp3) is 0.667. The average molecular weight is 228 g/mol. The molecule has 15 heavy (non-hydrogen) atoms. The van der Waals surface area contributed by atoms with Crippen LogP contribution in [-0.4, -0.2) is 21.3 Å². The topological polar surface area (TPSA) is 80.9 Å². The van der Waals surface area contributed by atoms with E-state index in [1.165, 1.54) is 11.5 Å². The third kappa shape index (κ3) is 3.93. The van der Waals surface area contributed by atoms with E-state index in [1.807, 2.05) is 13.8 Å². The van der Waals surface area contributed by atoms with Crippen LogP contribution in [0.1, 0.15) is 26.1 Å². The summed E-state index contributed by atoms with van der Waals surface area (Å²) in [5.41, 5.74) is 5.72. The first-order valence-electron chi connectivity index (χ1n) is 4.85. The maximum Gasteiger partial charge on any atom is 0.243 e. The van der Waals surface area contributed by atoms with E-state index in [9.17, 15) is 4.79 Å². The van der Waals surface area contributed by atoms with Crippen molar-refractivity contribution < 1.29 is 4.79 Å². The molecule has 5 nitrogen and oxygen atoms in total. The van der Waals surface area contributed by atoms with Crippen molar-refractivity contribution in [1.82, 2.24) is 9.36 Å². The lowest BCUT2D eigenvalue weighted by Gasteiger charge is -2.12. The van der Waals surface area contributed by atoms with E-state index in [0.717, 1.165) is 0 Å². The fourth-order valence-corrected chi connectivity index (χ4v) is 1.74. The van der Waals surface area contributed by atoms with Gasteiger partial charge in [-0.25, -0.2) is 4.98 Å². The van der Waals surface area contributed by atoms with Gasteiger partial charge in [-0.15, -0.1) is 0 Å². The molecule has 84 valence electrons. The minimum Gasteiger partial charge on any atom is -0.320 e. The molecule has 0 saturated heterocycles. The number of hydrogen-bond donors (Lipinski definition) is 2. The number of hydrogen-bond acceptors (Lipinski definition) is 5. The Morgan fingerprint density at radius 1 is 1.60 bits per heavy atom. The molecule has 1 rings (SSSR count). The molecule has 0 unspecified atom stereocenters. The van der Waals surface area contributed by atoms with Gasteiger partial charge in [0.2, 0.25) is 11.0 Å². The van der Waals surface area contributed by atoms with Gasteiger partial charge in [0, 0.05) is 11.5 Å². The predicted octanol–water partition coefficient (Wildman–Crippen LogP) is 1.16. The van der Waals surface area contributed by atoms with Crippen LogP contribution in [-0.2, 0) is 4.79 Å². The summed E-state index contributed by atoms with van der Waals surface area (Å²) in [5.74, 6) is 0.870. The molecule has 1 amide bonds. The van der Waals surface area contributed by atoms with Crippen molar-refractivity contribution in [3.05, 3.63) is 5.82 Å². The summed E-state index contributed by atoms with van der Waals surface area (Å²) < 4.78 is 3.96. The predicted molar refractivity (Wildman–Crippen MR) is 60.7 cm³/mol. The summed E-state index contributed by atoms with van der Waals surface area (Å²) in [6.45, 7) is 5.84. The van der Waals surface area contributed by atoms with Crippen LogP contribution in [0.3, 0.4) is 0 Å². The second kappa shape index (κ2) is 5.18. The van der Waals surface area contributed by atoms with E-state index in [0.29, 0.717) is 23.3 Å². The van der Waals surface area contributed by atoms with Crippen molar-refractivity contribution in [2.75, 3.05) is 5.32 Å². The Bertz CT molecular complexity index is 337. The van der Waals surface area contributed by atoms with Crippen LogP contribution < -0.4 is 11.1 Å². The molecule has 0 fully saturated rings. The lowest BCUT2D eigenvalue weighted by atomic mass is 10.0. The molecule has 0 bridgehead atoms. The lowest BCUT2D eigenvalue weighted by molar-refractivity contribution is -0.117. The second-order valence-electron chi connectivity index (χ2n) is 3.87. The van der Waals surface area contributed by atoms with Gasteiger partial charge in [0.15, 0.2) is 0 Å². The first kappa shape index (κ1) is 12.1. The van der Waals surface area contributed by atoms with E-state index in [4.69, 9.17) is 5.73 Å². The fourth-order valence-electron chi connectivity index (χ4n) is 1.16. The van der Waals surface area contributed by atoms with Gasteiger partial charge in [0.05, 0.1) is 6.04 Å². The molecule has 1 aromatic heterocycles. The minimum atomic E-state index is -0.478. The van der Waals surface area contributed by atoms with Crippen LogP contribution in [0.15, 0.2) is 0 Å². The van der Waals surface area contributed by atoms with E-state index in [-0.39, 0.29) is 5.91 Å². The van der Waals surface area contributed by atoms with Crippen molar-refractivity contribution in [3.8, 4) is 0 Å². The second-order valence-corrected chi connectivity index (χ2v) is 4.62. The van der Waals surface area contributed by atoms with Crippen LogP contribution >= 0.6 is 11.5 Å². The molecule has 0 spiro atoms. The normalized spacial score (nSPS) is 12.9. The minimum absolute atomic E-state index is 0.195. The Kier molecular flexibility index (Phi) is 4.16. The van der Waals surface area contributed by atoms with E-state index in [2.05, 4.69) is 14.7 Å². The first-order chi connectivity index (χ1) is 6.99. The third-order valence-electron chi connectivity index (χ3n) is 1.82. The number of amides is 1. The number of carbonyl (C=O) groups is 1. The van der Waals surface area contributed by atoms with Crippen LogP contribution in [0.5, 0.6) is 0 Å². The highest BCUT2D eigenvalue weighted by atomic mass is 32.1. The largest absolute Gasteiger partial charge is 0.320 e. The van der Waals surface area contributed by atoms with Crippen LogP contribution in [0.4, 0.5) is 5.13 Å². The zero-order chi connectivity index (χ0) is 11.4. The van der Waals surface area contributed by atoms with Gasteiger partial charge >= 0.3 is 0 Å². The number of carbonyl (C=O) groups excluding carboxylic acids is 1. The average Bonchev–Trinajstić information content (AvgIpc) is 2.50. The molecule has 1 aromatic rings. The van der Waals surface area contributed by atoms with Crippen molar-refractivity contribution in [3.63, 3.8) is 0 Å². The number of aryl methyl sites for hydroxylation is 1. The number of nitrogens with zero attached hydrogens (tertiary/aromatic N) is 2. The Balaban J connectivity index is 2.48. The molecule has 6 heteroatoms. The van der Waals surface area contributed by atoms with Gasteiger partial charge in [-0.3, -0.25) is 10.1 Å². The molecular weight excluding hydrogens is 212 g/mol. The Hall–Kier alpha value is -1.01. The maximum atomic E-state index is 11.6. The van der Waals surface area contributed by atoms with Crippen molar-refractivity contribution in [1.29, 1.82) is 0 Å². The summed E-state index contributed by atoms with van der Waals surface area (Å²) >= 11 is 1.17. The smallest absolute Gasteiger partial charge is 0.243 e. The standard InChI is InChI=1S/C9H16N4OS/c1-5(2)4-7(10)8(14)12-9-11-6(3)13-15-9/h5,7H,4,10H2,1-3H3,(H,11,12,13,14)/t7-/m0/s1. The van der Waals surface area contributed by atoms with Gasteiger partial charge in [0.25, 0.3) is 0 Å². The highest BCUT2D eigenvalue weighted by molar-refractivity contribution is 7.09. The quantitative estimate of drug-likeness (QED) is 0.810. The van der Waals surface area contributed by atoms with Gasteiger partial charge in [-0.05, 0) is 19.3 Å². The molecule has 0 saturated carbocycles. The zero-order valence-electron chi connectivity index (χ0n) is 9.15. The number of aromatic nitrogens is 2. The highest BCUT2D eigenvalue weighted by Crippen LogP contribution is 2.11. The maximum absolute atomic E-state index is 11.6. The van der Waals surface area contributed by atoms with Gasteiger partial charge in [-0.1, -0.05) is 13.8 Å².